The molecule has 0 aliphatic heterocycles. The van der Waals surface area contributed by atoms with Crippen molar-refractivity contribution < 1.29 is 0 Å². The van der Waals surface area contributed by atoms with Gasteiger partial charge in [0.2, 0.25) is 5.96 Å². The monoisotopic (exact) mass is 117 g/mol. The van der Waals surface area contributed by atoms with Gasteiger partial charge in [0, 0.05) is 0 Å². The van der Waals surface area contributed by atoms with E-state index in [4.69, 9.17) is 22.8 Å². The molecule has 0 unspecified atom stereocenters. The maximum atomic E-state index is 6.47. The van der Waals surface area contributed by atoms with Crippen LogP contribution in [0.3, 0.4) is 0 Å². The third-order valence-electron chi connectivity index (χ3n) is 0.256. The second-order valence-electron chi connectivity index (χ2n) is 0.955. The minimum absolute atomic E-state index is 0.439. The van der Waals surface area contributed by atoms with Crippen LogP contribution in [-0.2, 0) is 0 Å². The molecule has 0 saturated carbocycles. The summed E-state index contributed by atoms with van der Waals surface area (Å²) in [6.45, 7) is 0. The molecule has 0 saturated heterocycles. The molecule has 0 aliphatic rings. The number of nitrogens with zero attached hydrogens (tertiary/aromatic N) is 3. The second kappa shape index (κ2) is 2.88. The molecule has 0 bridgehead atoms. The minimum atomic E-state index is -0.439. The van der Waals surface area contributed by atoms with E-state index in [-0.39, 0.29) is 0 Å². The van der Waals surface area contributed by atoms with Gasteiger partial charge in [0.1, 0.15) is 0 Å². The van der Waals surface area contributed by atoms with Crippen LogP contribution >= 0.6 is 0 Å². The third kappa shape index (κ3) is 4.79. The van der Waals surface area contributed by atoms with Gasteiger partial charge >= 0.3 is 0 Å². The van der Waals surface area contributed by atoms with Crippen molar-refractivity contribution in [1.29, 1.82) is 5.41 Å². The molecule has 0 heterocycles. The SMILES string of the molecule is N=C(N)N=NN(N)N. The molecule has 0 atom stereocenters. The van der Waals surface area contributed by atoms with Crippen LogP contribution in [0.1, 0.15) is 0 Å². The van der Waals surface area contributed by atoms with Gasteiger partial charge < -0.3 is 5.73 Å². The van der Waals surface area contributed by atoms with Gasteiger partial charge in [0.25, 0.3) is 0 Å². The molecule has 0 aliphatic carbocycles. The summed E-state index contributed by atoms with van der Waals surface area (Å²) in [7, 11) is 0. The zero-order valence-corrected chi connectivity index (χ0v) is 4.07. The molecule has 0 fully saturated rings. The fraction of sp³-hybridized carbons (Fsp3) is 0. The van der Waals surface area contributed by atoms with Crippen molar-refractivity contribution in [3.8, 4) is 0 Å². The molecule has 0 aromatic heterocycles. The molecular weight excluding hydrogens is 110 g/mol. The van der Waals surface area contributed by atoms with Crippen molar-refractivity contribution in [3.63, 3.8) is 0 Å². The number of nitrogens with two attached hydrogens (primary N) is 3. The first-order valence-corrected chi connectivity index (χ1v) is 1.68. The van der Waals surface area contributed by atoms with Crippen LogP contribution in [0.5, 0.6) is 0 Å². The van der Waals surface area contributed by atoms with Crippen molar-refractivity contribution in [3.05, 3.63) is 0 Å². The van der Waals surface area contributed by atoms with Crippen molar-refractivity contribution in [2.75, 3.05) is 0 Å². The van der Waals surface area contributed by atoms with E-state index in [9.17, 15) is 0 Å². The highest BCUT2D eigenvalue weighted by Gasteiger charge is 1.79. The lowest BCUT2D eigenvalue weighted by atomic mass is 11.1. The highest BCUT2D eigenvalue weighted by Crippen LogP contribution is 1.68. The van der Waals surface area contributed by atoms with Gasteiger partial charge in [-0.15, -0.1) is 5.23 Å². The first-order valence-electron chi connectivity index (χ1n) is 1.68. The predicted molar refractivity (Wildman–Crippen MR) is 27.0 cm³/mol. The Bertz CT molecular complexity index is 101. The highest BCUT2D eigenvalue weighted by atomic mass is 15.8. The van der Waals surface area contributed by atoms with Gasteiger partial charge in [-0.05, 0) is 5.22 Å². The summed E-state index contributed by atoms with van der Waals surface area (Å²) in [6, 6.07) is 0. The van der Waals surface area contributed by atoms with Crippen LogP contribution in [0, 0.1) is 5.41 Å². The molecule has 7 nitrogen and oxygen atoms in total. The number of hydrogen-bond donors (Lipinski definition) is 4. The zero-order valence-electron chi connectivity index (χ0n) is 4.07. The van der Waals surface area contributed by atoms with Gasteiger partial charge in [-0.25, -0.2) is 11.7 Å². The van der Waals surface area contributed by atoms with E-state index in [1.165, 1.54) is 0 Å². The Balaban J connectivity index is 3.50. The largest absolute Gasteiger partial charge is 0.367 e. The fourth-order valence-corrected chi connectivity index (χ4v) is 0.0998. The minimum Gasteiger partial charge on any atom is -0.367 e. The standard InChI is InChI=1S/CH7N7/c2-1(3)6-7-8(4)5/h4-5H2,(H3,2,3). The van der Waals surface area contributed by atoms with E-state index in [1.54, 1.807) is 0 Å². The quantitative estimate of drug-likeness (QED) is 0.107. The summed E-state index contributed by atoms with van der Waals surface area (Å²) in [6.07, 6.45) is 0. The summed E-state index contributed by atoms with van der Waals surface area (Å²) in [5.74, 6) is 9.04. The van der Waals surface area contributed by atoms with Gasteiger partial charge in [-0.2, -0.15) is 0 Å². The molecule has 0 aromatic carbocycles. The molecule has 46 valence electrons. The number of guanidine groups is 1. The third-order valence-corrected chi connectivity index (χ3v) is 0.256. The normalized spacial score (nSPS) is 9.75. The molecule has 7 heteroatoms. The summed E-state index contributed by atoms with van der Waals surface area (Å²) in [5, 5.41) is 12.9. The smallest absolute Gasteiger partial charge is 0.234 e. The Morgan fingerprint density at radius 3 is 2.12 bits per heavy atom. The maximum absolute atomic E-state index is 6.47. The highest BCUT2D eigenvalue weighted by molar-refractivity contribution is 5.74. The number of rotatable bonds is 1. The lowest BCUT2D eigenvalue weighted by Crippen LogP contribution is -2.32. The Morgan fingerprint density at radius 2 is 2.00 bits per heavy atom. The summed E-state index contributed by atoms with van der Waals surface area (Å²) in [4.78, 5) is 0. The lowest BCUT2D eigenvalue weighted by molar-refractivity contribution is 0.291. The number of hydrazine groups is 2. The summed E-state index contributed by atoms with van der Waals surface area (Å²) >= 11 is 0. The van der Waals surface area contributed by atoms with E-state index < -0.39 is 5.96 Å². The summed E-state index contributed by atoms with van der Waals surface area (Å²) < 4.78 is 0. The number of hydrogen-bond acceptors (Lipinski definition) is 4. The van der Waals surface area contributed by atoms with Gasteiger partial charge in [-0.3, -0.25) is 5.41 Å². The van der Waals surface area contributed by atoms with Gasteiger partial charge in [-0.1, -0.05) is 5.11 Å². The molecule has 0 radical (unpaired) electrons. The Kier molecular flexibility index (Phi) is 2.45. The van der Waals surface area contributed by atoms with Crippen LogP contribution in [0.4, 0.5) is 0 Å². The molecule has 0 rings (SSSR count). The van der Waals surface area contributed by atoms with Crippen molar-refractivity contribution in [2.45, 2.75) is 0 Å². The zero-order chi connectivity index (χ0) is 6.57. The van der Waals surface area contributed by atoms with Crippen LogP contribution < -0.4 is 17.4 Å². The number of nitrogens with one attached hydrogen (secondary N) is 1. The Labute approximate surface area is 45.6 Å². The van der Waals surface area contributed by atoms with E-state index >= 15 is 0 Å². The molecule has 7 N–H and O–H groups in total. The second-order valence-corrected chi connectivity index (χ2v) is 0.955. The Morgan fingerprint density at radius 1 is 1.50 bits per heavy atom. The molecular formula is CH7N7. The topological polar surface area (TPSA) is 130 Å². The van der Waals surface area contributed by atoms with Crippen LogP contribution in [0.2, 0.25) is 0 Å². The van der Waals surface area contributed by atoms with E-state index in [0.29, 0.717) is 5.23 Å². The van der Waals surface area contributed by atoms with Crippen molar-refractivity contribution >= 4 is 5.96 Å². The first kappa shape index (κ1) is 6.79. The Hall–Kier alpha value is -1.21. The van der Waals surface area contributed by atoms with Crippen LogP contribution in [0.15, 0.2) is 10.3 Å². The van der Waals surface area contributed by atoms with E-state index in [2.05, 4.69) is 10.3 Å². The molecule has 8 heavy (non-hydrogen) atoms. The fourth-order valence-electron chi connectivity index (χ4n) is 0.0998. The van der Waals surface area contributed by atoms with Gasteiger partial charge in [0.15, 0.2) is 0 Å². The molecule has 0 spiro atoms. The van der Waals surface area contributed by atoms with E-state index in [1.807, 2.05) is 0 Å². The van der Waals surface area contributed by atoms with Crippen LogP contribution in [-0.4, -0.2) is 11.2 Å². The summed E-state index contributed by atoms with van der Waals surface area (Å²) in [5.41, 5.74) is 4.73. The van der Waals surface area contributed by atoms with Gasteiger partial charge in [0.05, 0.1) is 0 Å². The average Bonchev–Trinajstić information content (AvgIpc) is 1.61. The first-order chi connectivity index (χ1) is 3.63. The average molecular weight is 117 g/mol. The molecule has 0 aromatic rings. The van der Waals surface area contributed by atoms with Crippen LogP contribution in [0.25, 0.3) is 0 Å². The van der Waals surface area contributed by atoms with Crippen molar-refractivity contribution in [2.24, 2.45) is 27.8 Å². The van der Waals surface area contributed by atoms with Crippen molar-refractivity contribution in [1.82, 2.24) is 5.23 Å². The lowest BCUT2D eigenvalue weighted by Gasteiger charge is -1.96. The predicted octanol–water partition coefficient (Wildman–Crippen LogP) is -1.70. The molecule has 0 amide bonds. The maximum Gasteiger partial charge on any atom is 0.234 e. The van der Waals surface area contributed by atoms with E-state index in [0.717, 1.165) is 0 Å².